The van der Waals surface area contributed by atoms with E-state index in [0.717, 1.165) is 32.3 Å². The van der Waals surface area contributed by atoms with E-state index in [4.69, 9.17) is 0 Å². The fraction of sp³-hybridized carbons (Fsp3) is 0.143. The summed E-state index contributed by atoms with van der Waals surface area (Å²) in [6, 6.07) is 24.3. The first-order chi connectivity index (χ1) is 11.0. The average Bonchev–Trinajstić information content (AvgIpc) is 2.54. The largest absolute Gasteiger partial charge is 2.00 e. The third-order valence-corrected chi connectivity index (χ3v) is 7.65. The van der Waals surface area contributed by atoms with Crippen molar-refractivity contribution in [1.29, 1.82) is 0 Å². The molecule has 0 aliphatic rings. The summed E-state index contributed by atoms with van der Waals surface area (Å²) in [5, 5.41) is 2.77. The van der Waals surface area contributed by atoms with Crippen molar-refractivity contribution in [2.45, 2.75) is 20.8 Å². The Morgan fingerprint density at radius 2 is 0.880 bits per heavy atom. The van der Waals surface area contributed by atoms with Gasteiger partial charge in [0.1, 0.15) is 0 Å². The Labute approximate surface area is 173 Å². The van der Waals surface area contributed by atoms with Crippen LogP contribution in [0.15, 0.2) is 72.8 Å². The quantitative estimate of drug-likeness (QED) is 0.405. The maximum atomic E-state index is 14.3. The molecular formula is C21H21ClMgOSi. The molecule has 0 bridgehead atoms. The van der Waals surface area contributed by atoms with Crippen LogP contribution in [0.25, 0.3) is 0 Å². The third kappa shape index (κ3) is 4.54. The van der Waals surface area contributed by atoms with Crippen molar-refractivity contribution in [2.75, 3.05) is 0 Å². The molecule has 0 saturated carbocycles. The van der Waals surface area contributed by atoms with E-state index in [9.17, 15) is 4.80 Å². The molecule has 3 aromatic rings. The topological polar surface area (TPSA) is 23.1 Å². The summed E-state index contributed by atoms with van der Waals surface area (Å²) in [6.45, 7) is 6.14. The Kier molecular flexibility index (Phi) is 7.91. The predicted molar refractivity (Wildman–Crippen MR) is 104 cm³/mol. The zero-order valence-corrected chi connectivity index (χ0v) is 18.1. The van der Waals surface area contributed by atoms with Gasteiger partial charge >= 0.3 is 23.1 Å². The molecule has 0 aliphatic heterocycles. The Morgan fingerprint density at radius 3 is 1.12 bits per heavy atom. The zero-order valence-electron chi connectivity index (χ0n) is 14.9. The number of rotatable bonds is 3. The van der Waals surface area contributed by atoms with Crippen LogP contribution in [0, 0.1) is 20.8 Å². The Bertz CT molecular complexity index is 740. The SMILES string of the molecule is Cc1cccc([Si]([O-])(c2cccc(C)c2)c2cccc(C)c2)c1.[Cl-].[Mg+2]. The average molecular weight is 377 g/mol. The minimum atomic E-state index is -3.22. The molecule has 0 aliphatic carbocycles. The van der Waals surface area contributed by atoms with E-state index in [1.54, 1.807) is 0 Å². The van der Waals surface area contributed by atoms with Crippen LogP contribution in [0.2, 0.25) is 0 Å². The van der Waals surface area contributed by atoms with Crippen molar-refractivity contribution in [3.63, 3.8) is 0 Å². The molecule has 0 spiro atoms. The fourth-order valence-corrected chi connectivity index (χ4v) is 6.38. The van der Waals surface area contributed by atoms with E-state index in [-0.39, 0.29) is 35.5 Å². The van der Waals surface area contributed by atoms with Gasteiger partial charge in [-0.2, -0.15) is 0 Å². The van der Waals surface area contributed by atoms with E-state index >= 15 is 0 Å². The van der Waals surface area contributed by atoms with Gasteiger partial charge < -0.3 is 17.2 Å². The van der Waals surface area contributed by atoms with Gasteiger partial charge in [-0.1, -0.05) is 105 Å². The molecule has 0 amide bonds. The molecule has 3 aromatic carbocycles. The zero-order chi connectivity index (χ0) is 16.4. The Morgan fingerprint density at radius 1 is 0.600 bits per heavy atom. The molecule has 0 saturated heterocycles. The summed E-state index contributed by atoms with van der Waals surface area (Å²) in [4.78, 5) is 14.3. The van der Waals surface area contributed by atoms with Crippen molar-refractivity contribution in [1.82, 2.24) is 0 Å². The minimum absolute atomic E-state index is 0. The number of hydrogen-bond donors (Lipinski definition) is 0. The van der Waals surface area contributed by atoms with Crippen LogP contribution < -0.4 is 32.8 Å². The van der Waals surface area contributed by atoms with E-state index in [1.807, 2.05) is 75.4 Å². The summed E-state index contributed by atoms with van der Waals surface area (Å²) < 4.78 is 0. The first kappa shape index (κ1) is 21.9. The molecule has 0 heterocycles. The van der Waals surface area contributed by atoms with E-state index in [1.165, 1.54) is 0 Å². The van der Waals surface area contributed by atoms with Crippen molar-refractivity contribution >= 4 is 46.9 Å². The molecule has 0 aromatic heterocycles. The van der Waals surface area contributed by atoms with Gasteiger partial charge in [0.15, 0.2) is 0 Å². The third-order valence-electron chi connectivity index (χ3n) is 4.27. The maximum absolute atomic E-state index is 14.3. The summed E-state index contributed by atoms with van der Waals surface area (Å²) >= 11 is 0. The van der Waals surface area contributed by atoms with Gasteiger partial charge in [-0.05, 0) is 20.8 Å². The number of hydrogen-bond acceptors (Lipinski definition) is 1. The predicted octanol–water partition coefficient (Wildman–Crippen LogP) is -1.44. The number of benzene rings is 3. The standard InChI is InChI=1S/C21H21OSi.ClH.Mg/c1-16-7-4-10-19(13-16)23(22,20-11-5-8-17(2)14-20)21-12-6-9-18(3)15-21;;/h4-15H,1-3H3;1H;/q-1;;+2/p-1. The number of halogens is 1. The van der Waals surface area contributed by atoms with Crippen LogP contribution in [0.3, 0.4) is 0 Å². The van der Waals surface area contributed by atoms with Gasteiger partial charge in [-0.15, -0.1) is 0 Å². The summed E-state index contributed by atoms with van der Waals surface area (Å²) in [5.74, 6) is 0. The van der Waals surface area contributed by atoms with Gasteiger partial charge in [0.2, 0.25) is 0 Å². The maximum Gasteiger partial charge on any atom is 2.00 e. The first-order valence-electron chi connectivity index (χ1n) is 7.92. The van der Waals surface area contributed by atoms with Crippen LogP contribution in [0.1, 0.15) is 16.7 Å². The van der Waals surface area contributed by atoms with E-state index in [0.29, 0.717) is 0 Å². The van der Waals surface area contributed by atoms with Gasteiger partial charge in [-0.3, -0.25) is 0 Å². The Balaban J connectivity index is 0.00000156. The second-order valence-corrected chi connectivity index (χ2v) is 9.38. The van der Waals surface area contributed by atoms with Gasteiger partial charge in [-0.25, -0.2) is 0 Å². The smallest absolute Gasteiger partial charge is 1.00 e. The molecular weight excluding hydrogens is 356 g/mol. The van der Waals surface area contributed by atoms with Crippen LogP contribution in [-0.2, 0) is 0 Å². The van der Waals surface area contributed by atoms with Crippen molar-refractivity contribution in [2.24, 2.45) is 0 Å². The molecule has 124 valence electrons. The molecule has 25 heavy (non-hydrogen) atoms. The van der Waals surface area contributed by atoms with Gasteiger partial charge in [0, 0.05) is 0 Å². The van der Waals surface area contributed by atoms with Crippen LogP contribution in [-0.4, -0.2) is 31.4 Å². The fourth-order valence-electron chi connectivity index (χ4n) is 3.09. The van der Waals surface area contributed by atoms with Crippen molar-refractivity contribution < 1.29 is 17.2 Å². The van der Waals surface area contributed by atoms with Crippen LogP contribution >= 0.6 is 0 Å². The summed E-state index contributed by atoms with van der Waals surface area (Å²) in [6.07, 6.45) is 0. The van der Waals surface area contributed by atoms with E-state index in [2.05, 4.69) is 18.2 Å². The van der Waals surface area contributed by atoms with E-state index < -0.39 is 8.32 Å². The monoisotopic (exact) mass is 376 g/mol. The van der Waals surface area contributed by atoms with Gasteiger partial charge in [0.05, 0.1) is 8.32 Å². The van der Waals surface area contributed by atoms with Crippen LogP contribution in [0.5, 0.6) is 0 Å². The number of aryl methyl sites for hydroxylation is 3. The second-order valence-electron chi connectivity index (χ2n) is 6.29. The molecule has 0 unspecified atom stereocenters. The molecule has 0 radical (unpaired) electrons. The van der Waals surface area contributed by atoms with Crippen molar-refractivity contribution in [3.05, 3.63) is 89.5 Å². The molecule has 3 rings (SSSR count). The first-order valence-corrected chi connectivity index (χ1v) is 9.83. The van der Waals surface area contributed by atoms with Crippen LogP contribution in [0.4, 0.5) is 0 Å². The molecule has 1 nitrogen and oxygen atoms in total. The molecule has 4 heteroatoms. The van der Waals surface area contributed by atoms with Gasteiger partial charge in [0.25, 0.3) is 0 Å². The minimum Gasteiger partial charge on any atom is -1.00 e. The molecule has 0 fully saturated rings. The Hall–Kier alpha value is -1.11. The molecule has 0 N–H and O–H groups in total. The summed E-state index contributed by atoms with van der Waals surface area (Å²) in [5.41, 5.74) is 3.40. The second kappa shape index (κ2) is 9.01. The molecule has 0 atom stereocenters. The van der Waals surface area contributed by atoms with Crippen molar-refractivity contribution in [3.8, 4) is 0 Å². The normalized spacial score (nSPS) is 10.6. The summed E-state index contributed by atoms with van der Waals surface area (Å²) in [7, 11) is -3.22.